The zero-order chi connectivity index (χ0) is 39.5. The van der Waals surface area contributed by atoms with E-state index < -0.39 is 0 Å². The van der Waals surface area contributed by atoms with Gasteiger partial charge in [0.2, 0.25) is 0 Å². The molecule has 0 amide bonds. The number of benzene rings is 4. The number of anilines is 1. The van der Waals surface area contributed by atoms with Gasteiger partial charge in [-0.05, 0) is 109 Å². The Labute approximate surface area is 333 Å². The van der Waals surface area contributed by atoms with Crippen molar-refractivity contribution in [1.29, 1.82) is 0 Å². The number of rotatable bonds is 6. The first-order chi connectivity index (χ1) is 26.3. The second-order valence-electron chi connectivity index (χ2n) is 14.6. The molecule has 2 N–H and O–H groups in total. The number of aromatic nitrogens is 1. The van der Waals surface area contributed by atoms with Gasteiger partial charge in [0.25, 0.3) is 0 Å². The number of hydrogen-bond donors (Lipinski definition) is 1. The van der Waals surface area contributed by atoms with Crippen LogP contribution in [0.1, 0.15) is 75.2 Å². The molecule has 7 aromatic rings. The van der Waals surface area contributed by atoms with Gasteiger partial charge in [0.1, 0.15) is 11.6 Å². The number of halogens is 2. The van der Waals surface area contributed by atoms with Gasteiger partial charge in [0, 0.05) is 53.7 Å². The SMILES string of the molecule is CC#Cc1ccc(N)c(/C(=C\CC(C)C)c2ccccc2F)c1.CC(C)(C)c1ccc(-c2cccs2)s1.Cc1cc(-c2ccccc2F)c2ccccc2n1. The smallest absolute Gasteiger partial charge is 0.131 e. The number of nitrogen functional groups attached to an aromatic ring is 1. The van der Waals surface area contributed by atoms with Gasteiger partial charge < -0.3 is 5.73 Å². The van der Waals surface area contributed by atoms with E-state index >= 15 is 0 Å². The number of fused-ring (bicyclic) bond motifs is 1. The van der Waals surface area contributed by atoms with Crippen molar-refractivity contribution in [3.8, 4) is 32.7 Å². The summed E-state index contributed by atoms with van der Waals surface area (Å²) < 4.78 is 28.2. The third-order valence-electron chi connectivity index (χ3n) is 8.69. The van der Waals surface area contributed by atoms with Crippen LogP contribution in [0.2, 0.25) is 0 Å². The topological polar surface area (TPSA) is 38.9 Å². The summed E-state index contributed by atoms with van der Waals surface area (Å²) in [6.07, 6.45) is 2.92. The minimum absolute atomic E-state index is 0.201. The molecule has 0 saturated heterocycles. The molecule has 0 saturated carbocycles. The molecular formula is C49H48F2N2S2. The Morgan fingerprint density at radius 3 is 2.15 bits per heavy atom. The van der Waals surface area contributed by atoms with Gasteiger partial charge in [-0.15, -0.1) is 28.6 Å². The maximum absolute atomic E-state index is 14.3. The Morgan fingerprint density at radius 2 is 1.49 bits per heavy atom. The van der Waals surface area contributed by atoms with Crippen molar-refractivity contribution < 1.29 is 8.78 Å². The number of hydrogen-bond acceptors (Lipinski definition) is 4. The highest BCUT2D eigenvalue weighted by atomic mass is 32.1. The van der Waals surface area contributed by atoms with E-state index in [9.17, 15) is 8.78 Å². The molecule has 2 nitrogen and oxygen atoms in total. The number of thiophene rings is 2. The molecule has 0 fully saturated rings. The van der Waals surface area contributed by atoms with Gasteiger partial charge in [-0.3, -0.25) is 4.98 Å². The molecule has 55 heavy (non-hydrogen) atoms. The first-order valence-corrected chi connectivity index (χ1v) is 20.1. The predicted molar refractivity (Wildman–Crippen MR) is 235 cm³/mol. The van der Waals surface area contributed by atoms with Crippen LogP contribution in [0.5, 0.6) is 0 Å². The first kappa shape index (κ1) is 40.8. The molecule has 0 radical (unpaired) electrons. The lowest BCUT2D eigenvalue weighted by Gasteiger charge is -2.15. The fraction of sp³-hybridized carbons (Fsp3) is 0.204. The van der Waals surface area contributed by atoms with Crippen molar-refractivity contribution in [2.75, 3.05) is 5.73 Å². The average Bonchev–Trinajstić information content (AvgIpc) is 3.88. The molecule has 0 unspecified atom stereocenters. The second-order valence-corrected chi connectivity index (χ2v) is 16.6. The number of aryl methyl sites for hydroxylation is 1. The van der Waals surface area contributed by atoms with Crippen LogP contribution in [-0.2, 0) is 5.41 Å². The summed E-state index contributed by atoms with van der Waals surface area (Å²) in [5.74, 6) is 5.96. The number of pyridine rings is 1. The van der Waals surface area contributed by atoms with E-state index in [0.29, 0.717) is 22.7 Å². The van der Waals surface area contributed by atoms with E-state index in [4.69, 9.17) is 5.73 Å². The third-order valence-corrected chi connectivity index (χ3v) is 11.3. The maximum atomic E-state index is 14.3. The summed E-state index contributed by atoms with van der Waals surface area (Å²) in [5.41, 5.74) is 13.5. The van der Waals surface area contributed by atoms with Crippen LogP contribution >= 0.6 is 22.7 Å². The minimum Gasteiger partial charge on any atom is -0.398 e. The standard InChI is InChI=1S/C21H22FN.C16H12FN.C12H14S2/c1-4-7-16-11-13-21(23)19(14-16)17(12-10-15(2)3)18-8-5-6-9-20(18)22;1-11-10-14(12-6-2-4-8-15(12)17)13-7-3-5-9-16(13)18-11;1-12(2,3)11-7-6-10(14-11)9-5-4-8-13-9/h5-6,8-9,11-15H,10,23H2,1-3H3;2-10H,1H3;4-8H,1-3H3/b17-12-;;. The molecular weight excluding hydrogens is 719 g/mol. The van der Waals surface area contributed by atoms with E-state index in [0.717, 1.165) is 45.3 Å². The Kier molecular flexibility index (Phi) is 14.0. The van der Waals surface area contributed by atoms with Crippen molar-refractivity contribution in [2.24, 2.45) is 5.92 Å². The van der Waals surface area contributed by atoms with Gasteiger partial charge in [0.05, 0.1) is 5.52 Å². The van der Waals surface area contributed by atoms with Gasteiger partial charge in [-0.2, -0.15) is 0 Å². The number of nitrogens with zero attached hydrogens (tertiary/aromatic N) is 1. The van der Waals surface area contributed by atoms with Gasteiger partial charge >= 0.3 is 0 Å². The molecule has 3 aromatic heterocycles. The molecule has 0 spiro atoms. The molecule has 280 valence electrons. The van der Waals surface area contributed by atoms with E-state index in [-0.39, 0.29) is 17.0 Å². The molecule has 4 aromatic carbocycles. The minimum atomic E-state index is -0.242. The van der Waals surface area contributed by atoms with Crippen molar-refractivity contribution in [3.05, 3.63) is 172 Å². The Balaban J connectivity index is 0.000000163. The lowest BCUT2D eigenvalue weighted by atomic mass is 9.92. The molecule has 0 aliphatic heterocycles. The summed E-state index contributed by atoms with van der Waals surface area (Å²) in [7, 11) is 0. The van der Waals surface area contributed by atoms with Crippen LogP contribution in [-0.4, -0.2) is 4.98 Å². The number of allylic oxidation sites excluding steroid dienone is 1. The van der Waals surface area contributed by atoms with Crippen LogP contribution in [0, 0.1) is 36.3 Å². The normalized spacial score (nSPS) is 11.3. The van der Waals surface area contributed by atoms with Gasteiger partial charge in [-0.25, -0.2) is 8.78 Å². The van der Waals surface area contributed by atoms with Crippen LogP contribution in [0.25, 0.3) is 37.4 Å². The first-order valence-electron chi connectivity index (χ1n) is 18.4. The lowest BCUT2D eigenvalue weighted by Crippen LogP contribution is -2.07. The summed E-state index contributed by atoms with van der Waals surface area (Å²) in [4.78, 5) is 8.70. The van der Waals surface area contributed by atoms with Crippen LogP contribution < -0.4 is 5.73 Å². The van der Waals surface area contributed by atoms with Crippen molar-refractivity contribution in [3.63, 3.8) is 0 Å². The van der Waals surface area contributed by atoms with Gasteiger partial charge in [-0.1, -0.05) is 107 Å². The Morgan fingerprint density at radius 1 is 0.782 bits per heavy atom. The average molecular weight is 767 g/mol. The molecule has 0 bridgehead atoms. The molecule has 0 atom stereocenters. The van der Waals surface area contributed by atoms with Crippen molar-refractivity contribution in [2.45, 2.75) is 60.3 Å². The van der Waals surface area contributed by atoms with Crippen molar-refractivity contribution in [1.82, 2.24) is 4.98 Å². The van der Waals surface area contributed by atoms with Crippen LogP contribution in [0.4, 0.5) is 14.5 Å². The lowest BCUT2D eigenvalue weighted by molar-refractivity contribution is 0.604. The van der Waals surface area contributed by atoms with Crippen molar-refractivity contribution >= 4 is 44.8 Å². The van der Waals surface area contributed by atoms with Crippen LogP contribution in [0.3, 0.4) is 0 Å². The van der Waals surface area contributed by atoms with E-state index in [1.165, 1.54) is 26.8 Å². The summed E-state index contributed by atoms with van der Waals surface area (Å²) in [6, 6.07) is 37.8. The largest absolute Gasteiger partial charge is 0.398 e. The third kappa shape index (κ3) is 10.9. The molecule has 3 heterocycles. The summed E-state index contributed by atoms with van der Waals surface area (Å²) in [6.45, 7) is 14.8. The zero-order valence-corrected chi connectivity index (χ0v) is 34.2. The van der Waals surface area contributed by atoms with Gasteiger partial charge in [0.15, 0.2) is 0 Å². The summed E-state index contributed by atoms with van der Waals surface area (Å²) >= 11 is 3.72. The highest BCUT2D eigenvalue weighted by Crippen LogP contribution is 2.37. The molecule has 0 aliphatic carbocycles. The maximum Gasteiger partial charge on any atom is 0.131 e. The van der Waals surface area contributed by atoms with E-state index in [1.54, 1.807) is 31.2 Å². The number of para-hydroxylation sites is 1. The van der Waals surface area contributed by atoms with E-state index in [1.807, 2.05) is 90.3 Å². The molecule has 7 rings (SSSR count). The number of nitrogens with two attached hydrogens (primary N) is 1. The quantitative estimate of drug-likeness (QED) is 0.135. The fourth-order valence-corrected chi connectivity index (χ4v) is 7.81. The zero-order valence-electron chi connectivity index (χ0n) is 32.6. The van der Waals surface area contributed by atoms with E-state index in [2.05, 4.69) is 87.2 Å². The predicted octanol–water partition coefficient (Wildman–Crippen LogP) is 14.4. The molecule has 6 heteroatoms. The molecule has 0 aliphatic rings. The monoisotopic (exact) mass is 766 g/mol. The highest BCUT2D eigenvalue weighted by Gasteiger charge is 2.17. The Hall–Kier alpha value is -5.35. The fourth-order valence-electron chi connectivity index (χ4n) is 5.91. The highest BCUT2D eigenvalue weighted by molar-refractivity contribution is 7.21. The van der Waals surface area contributed by atoms with Crippen LogP contribution in [0.15, 0.2) is 133 Å². The summed E-state index contributed by atoms with van der Waals surface area (Å²) in [5, 5.41) is 3.11. The Bertz CT molecular complexity index is 2440. The second kappa shape index (κ2) is 18.8.